The molecule has 0 spiro atoms. The number of anilines is 1. The molecule has 3 aliphatic carbocycles. The van der Waals surface area contributed by atoms with Gasteiger partial charge in [-0.25, -0.2) is 4.79 Å². The van der Waals surface area contributed by atoms with Crippen LogP contribution in [0.25, 0.3) is 0 Å². The molecule has 2 fully saturated rings. The van der Waals surface area contributed by atoms with Gasteiger partial charge in [0.2, 0.25) is 11.8 Å². The average molecular weight is 384 g/mol. The number of nitro benzene ring substituents is 1. The number of non-ortho nitro benzene ring substituents is 1. The lowest BCUT2D eigenvalue weighted by molar-refractivity contribution is -0.384. The molecule has 1 heterocycles. The highest BCUT2D eigenvalue weighted by atomic mass is 16.6. The van der Waals surface area contributed by atoms with E-state index in [1.807, 2.05) is 12.2 Å². The second-order valence-electron chi connectivity index (χ2n) is 7.47. The SMILES string of the molecule is C[C@H](NC(=O)Nc1cccc([N+](=O)[O-])c1)N1C(=O)[C@H]2[C@H](C1=O)[C@H]1C=C[C@H]2CC1. The smallest absolute Gasteiger partial charge is 0.317 e. The van der Waals surface area contributed by atoms with Gasteiger partial charge in [0.1, 0.15) is 6.17 Å². The first-order chi connectivity index (χ1) is 13.4. The molecule has 1 aromatic rings. The Morgan fingerprint density at radius 1 is 1.18 bits per heavy atom. The van der Waals surface area contributed by atoms with Gasteiger partial charge in [0.15, 0.2) is 0 Å². The standard InChI is InChI=1S/C19H20N4O5/c1-10(20-19(26)21-13-3-2-4-14(9-13)23(27)28)22-17(24)15-11-5-6-12(8-7-11)16(15)18(22)25/h2-6,9-12,15-16H,7-8H2,1H3,(H2,20,21,26)/t10-,11+,12+,15-,16-/m1/s1. The van der Waals surface area contributed by atoms with Crippen molar-refractivity contribution in [3.05, 3.63) is 46.5 Å². The van der Waals surface area contributed by atoms with Crippen LogP contribution in [0.3, 0.4) is 0 Å². The summed E-state index contributed by atoms with van der Waals surface area (Å²) in [7, 11) is 0. The number of nitrogens with one attached hydrogen (secondary N) is 2. The summed E-state index contributed by atoms with van der Waals surface area (Å²) in [6, 6.07) is 4.87. The molecule has 2 bridgehead atoms. The van der Waals surface area contributed by atoms with Crippen LogP contribution in [0.2, 0.25) is 0 Å². The first-order valence-electron chi connectivity index (χ1n) is 9.24. The molecule has 5 rings (SSSR count). The van der Waals surface area contributed by atoms with Crippen molar-refractivity contribution in [2.45, 2.75) is 25.9 Å². The number of hydrogen-bond acceptors (Lipinski definition) is 5. The lowest BCUT2D eigenvalue weighted by Crippen LogP contribution is -2.50. The molecule has 1 saturated heterocycles. The number of amides is 4. The highest BCUT2D eigenvalue weighted by molar-refractivity contribution is 6.06. The highest BCUT2D eigenvalue weighted by Gasteiger charge is 2.57. The van der Waals surface area contributed by atoms with Crippen molar-refractivity contribution in [2.24, 2.45) is 23.7 Å². The lowest BCUT2D eigenvalue weighted by atomic mass is 9.63. The summed E-state index contributed by atoms with van der Waals surface area (Å²) in [5.74, 6) is -0.972. The Balaban J connectivity index is 1.44. The molecule has 1 aliphatic heterocycles. The van der Waals surface area contributed by atoms with Gasteiger partial charge in [-0.05, 0) is 37.7 Å². The molecule has 9 nitrogen and oxygen atoms in total. The number of nitro groups is 1. The summed E-state index contributed by atoms with van der Waals surface area (Å²) in [5.41, 5.74) is 0.0942. The van der Waals surface area contributed by atoms with Crippen LogP contribution in [0.4, 0.5) is 16.2 Å². The second kappa shape index (κ2) is 6.74. The molecule has 2 N–H and O–H groups in total. The van der Waals surface area contributed by atoms with E-state index in [4.69, 9.17) is 0 Å². The van der Waals surface area contributed by atoms with Crippen LogP contribution in [-0.2, 0) is 9.59 Å². The number of likely N-dealkylation sites (tertiary alicyclic amines) is 1. The Kier molecular flexibility index (Phi) is 4.37. The van der Waals surface area contributed by atoms with Crippen LogP contribution < -0.4 is 10.6 Å². The summed E-state index contributed by atoms with van der Waals surface area (Å²) in [6.45, 7) is 1.58. The van der Waals surface area contributed by atoms with E-state index in [2.05, 4.69) is 10.6 Å². The Hall–Kier alpha value is -3.23. The number of benzene rings is 1. The molecule has 28 heavy (non-hydrogen) atoms. The van der Waals surface area contributed by atoms with Gasteiger partial charge in [-0.2, -0.15) is 0 Å². The molecule has 4 amide bonds. The van der Waals surface area contributed by atoms with Crippen molar-refractivity contribution in [1.82, 2.24) is 10.2 Å². The van der Waals surface area contributed by atoms with Crippen LogP contribution >= 0.6 is 0 Å². The van der Waals surface area contributed by atoms with E-state index in [0.29, 0.717) is 0 Å². The molecular formula is C19H20N4O5. The fraction of sp³-hybridized carbons (Fsp3) is 0.421. The quantitative estimate of drug-likeness (QED) is 0.357. The fourth-order valence-corrected chi connectivity index (χ4v) is 4.60. The zero-order valence-corrected chi connectivity index (χ0v) is 15.2. The van der Waals surface area contributed by atoms with Crippen molar-refractivity contribution in [1.29, 1.82) is 0 Å². The molecule has 1 aromatic carbocycles. The molecule has 9 heteroatoms. The topological polar surface area (TPSA) is 122 Å². The number of nitrogens with zero attached hydrogens (tertiary/aromatic N) is 2. The predicted molar refractivity (Wildman–Crippen MR) is 98.9 cm³/mol. The minimum atomic E-state index is -0.816. The molecule has 146 valence electrons. The average Bonchev–Trinajstić information content (AvgIpc) is 2.95. The summed E-state index contributed by atoms with van der Waals surface area (Å²) in [4.78, 5) is 49.4. The Bertz CT molecular complexity index is 866. The number of carbonyl (C=O) groups excluding carboxylic acids is 3. The minimum absolute atomic E-state index is 0.0855. The summed E-state index contributed by atoms with van der Waals surface area (Å²) < 4.78 is 0. The predicted octanol–water partition coefficient (Wildman–Crippen LogP) is 2.26. The maximum Gasteiger partial charge on any atom is 0.320 e. The van der Waals surface area contributed by atoms with Crippen LogP contribution in [0, 0.1) is 33.8 Å². The monoisotopic (exact) mass is 384 g/mol. The molecule has 0 radical (unpaired) electrons. The Morgan fingerprint density at radius 2 is 1.79 bits per heavy atom. The van der Waals surface area contributed by atoms with Gasteiger partial charge in [-0.1, -0.05) is 18.2 Å². The first kappa shape index (κ1) is 18.1. The summed E-state index contributed by atoms with van der Waals surface area (Å²) >= 11 is 0. The number of imide groups is 1. The van der Waals surface area contributed by atoms with E-state index >= 15 is 0 Å². The van der Waals surface area contributed by atoms with E-state index in [9.17, 15) is 24.5 Å². The van der Waals surface area contributed by atoms with Gasteiger partial charge in [-0.3, -0.25) is 24.6 Å². The first-order valence-corrected chi connectivity index (χ1v) is 9.24. The number of hydrogen-bond donors (Lipinski definition) is 2. The lowest BCUT2D eigenvalue weighted by Gasteiger charge is -2.38. The molecule has 0 aromatic heterocycles. The number of rotatable bonds is 4. The number of urea groups is 1. The van der Waals surface area contributed by atoms with Gasteiger partial charge < -0.3 is 10.6 Å². The van der Waals surface area contributed by atoms with Crippen molar-refractivity contribution >= 4 is 29.2 Å². The molecule has 1 saturated carbocycles. The largest absolute Gasteiger partial charge is 0.320 e. The number of allylic oxidation sites excluding steroid dienone is 2. The van der Waals surface area contributed by atoms with Gasteiger partial charge in [-0.15, -0.1) is 0 Å². The van der Waals surface area contributed by atoms with E-state index in [-0.39, 0.29) is 46.9 Å². The van der Waals surface area contributed by atoms with Crippen molar-refractivity contribution in [2.75, 3.05) is 5.32 Å². The minimum Gasteiger partial charge on any atom is -0.317 e. The van der Waals surface area contributed by atoms with Gasteiger partial charge in [0, 0.05) is 17.8 Å². The highest BCUT2D eigenvalue weighted by Crippen LogP contribution is 2.49. The van der Waals surface area contributed by atoms with Crippen molar-refractivity contribution in [3.8, 4) is 0 Å². The Labute approximate surface area is 160 Å². The summed E-state index contributed by atoms with van der Waals surface area (Å²) in [6.07, 6.45) is 5.08. The van der Waals surface area contributed by atoms with Crippen molar-refractivity contribution < 1.29 is 19.3 Å². The zero-order chi connectivity index (χ0) is 20.0. The number of carbonyl (C=O) groups is 3. The normalized spacial score (nSPS) is 28.8. The third-order valence-corrected chi connectivity index (χ3v) is 5.84. The van der Waals surface area contributed by atoms with Crippen LogP contribution in [0.5, 0.6) is 0 Å². The fourth-order valence-electron chi connectivity index (χ4n) is 4.60. The number of fused-ring (bicyclic) bond motifs is 1. The van der Waals surface area contributed by atoms with Crippen LogP contribution in [0.1, 0.15) is 19.8 Å². The molecule has 4 aliphatic rings. The Morgan fingerprint density at radius 3 is 2.32 bits per heavy atom. The van der Waals surface area contributed by atoms with E-state index in [1.165, 1.54) is 24.3 Å². The second-order valence-corrected chi connectivity index (χ2v) is 7.47. The molecule has 5 atom stereocenters. The van der Waals surface area contributed by atoms with E-state index < -0.39 is 17.1 Å². The zero-order valence-electron chi connectivity index (χ0n) is 15.2. The third kappa shape index (κ3) is 2.92. The molecular weight excluding hydrogens is 364 g/mol. The van der Waals surface area contributed by atoms with E-state index in [0.717, 1.165) is 17.7 Å². The van der Waals surface area contributed by atoms with Gasteiger partial charge in [0.25, 0.3) is 5.69 Å². The van der Waals surface area contributed by atoms with Crippen LogP contribution in [-0.4, -0.2) is 33.8 Å². The summed E-state index contributed by atoms with van der Waals surface area (Å²) in [5, 5.41) is 15.9. The third-order valence-electron chi connectivity index (χ3n) is 5.84. The van der Waals surface area contributed by atoms with Crippen LogP contribution in [0.15, 0.2) is 36.4 Å². The molecule has 0 unspecified atom stereocenters. The van der Waals surface area contributed by atoms with Crippen molar-refractivity contribution in [3.63, 3.8) is 0 Å². The maximum atomic E-state index is 12.9. The maximum absolute atomic E-state index is 12.9. The van der Waals surface area contributed by atoms with Gasteiger partial charge >= 0.3 is 6.03 Å². The van der Waals surface area contributed by atoms with Gasteiger partial charge in [0.05, 0.1) is 16.8 Å². The van der Waals surface area contributed by atoms with E-state index in [1.54, 1.807) is 6.92 Å².